The molecular weight excluding hydrogens is 276 g/mol. The van der Waals surface area contributed by atoms with E-state index in [-0.39, 0.29) is 5.92 Å². The van der Waals surface area contributed by atoms with Crippen LogP contribution in [0.25, 0.3) is 0 Å². The number of carboxylic acid groups (broad SMARTS) is 1. The third-order valence-electron chi connectivity index (χ3n) is 4.49. The molecule has 1 N–H and O–H groups in total. The lowest BCUT2D eigenvalue weighted by atomic mass is 10.1. The number of anilines is 1. The molecule has 1 heterocycles. The third-order valence-corrected chi connectivity index (χ3v) is 4.49. The van der Waals surface area contributed by atoms with E-state index >= 15 is 0 Å². The third kappa shape index (κ3) is 4.47. The van der Waals surface area contributed by atoms with Gasteiger partial charge < -0.3 is 14.9 Å². The van der Waals surface area contributed by atoms with Gasteiger partial charge in [0.1, 0.15) is 0 Å². The smallest absolute Gasteiger partial charge is 0.308 e. The quantitative estimate of drug-likeness (QED) is 0.841. The van der Waals surface area contributed by atoms with Gasteiger partial charge in [0.05, 0.1) is 5.92 Å². The van der Waals surface area contributed by atoms with Crippen molar-refractivity contribution in [3.8, 4) is 0 Å². The molecule has 0 aliphatic carbocycles. The molecule has 1 aromatic rings. The van der Waals surface area contributed by atoms with E-state index in [1.807, 2.05) is 0 Å². The van der Waals surface area contributed by atoms with Crippen LogP contribution in [0.15, 0.2) is 18.2 Å². The summed E-state index contributed by atoms with van der Waals surface area (Å²) in [6.07, 6.45) is 2.57. The minimum Gasteiger partial charge on any atom is -0.481 e. The van der Waals surface area contributed by atoms with Gasteiger partial charge in [-0.3, -0.25) is 4.79 Å². The van der Waals surface area contributed by atoms with Crippen LogP contribution in [-0.4, -0.2) is 48.7 Å². The second-order valence-corrected chi connectivity index (χ2v) is 6.52. The number of carbonyl (C=O) groups is 1. The van der Waals surface area contributed by atoms with E-state index in [0.717, 1.165) is 18.8 Å². The van der Waals surface area contributed by atoms with Crippen LogP contribution in [-0.2, 0) is 4.79 Å². The average molecular weight is 304 g/mol. The molecule has 1 aliphatic heterocycles. The van der Waals surface area contributed by atoms with Crippen molar-refractivity contribution >= 4 is 11.7 Å². The Morgan fingerprint density at radius 2 is 2.00 bits per heavy atom. The molecule has 22 heavy (non-hydrogen) atoms. The van der Waals surface area contributed by atoms with Gasteiger partial charge in [-0.05, 0) is 51.4 Å². The Bertz CT molecular complexity index is 510. The lowest BCUT2D eigenvalue weighted by molar-refractivity contribution is -0.140. The van der Waals surface area contributed by atoms with Gasteiger partial charge in [-0.2, -0.15) is 0 Å². The van der Waals surface area contributed by atoms with Crippen LogP contribution >= 0.6 is 0 Å². The molecule has 1 fully saturated rings. The van der Waals surface area contributed by atoms with Crippen LogP contribution in [0.3, 0.4) is 0 Å². The minimum atomic E-state index is -0.726. The molecule has 1 saturated heterocycles. The number of hydrogen-bond donors (Lipinski definition) is 1. The highest BCUT2D eigenvalue weighted by atomic mass is 16.4. The number of benzene rings is 1. The Labute approximate surface area is 133 Å². The summed E-state index contributed by atoms with van der Waals surface area (Å²) >= 11 is 0. The molecule has 0 radical (unpaired) electrons. The Morgan fingerprint density at radius 3 is 2.59 bits per heavy atom. The summed E-state index contributed by atoms with van der Waals surface area (Å²) in [5.74, 6) is -1.09. The van der Waals surface area contributed by atoms with Gasteiger partial charge in [-0.1, -0.05) is 24.6 Å². The number of aliphatic carboxylic acids is 1. The molecule has 122 valence electrons. The molecule has 0 spiro atoms. The standard InChI is InChI=1S/C18H28N2O2/c1-14-6-7-17(15(2)12-14)20(13-16(3)18(21)22)11-10-19-8-4-5-9-19/h6-7,12,16H,4-5,8-11,13H2,1-3H3,(H,21,22). The van der Waals surface area contributed by atoms with E-state index in [4.69, 9.17) is 0 Å². The molecular formula is C18H28N2O2. The van der Waals surface area contributed by atoms with Crippen molar-refractivity contribution in [2.75, 3.05) is 37.6 Å². The minimum absolute atomic E-state index is 0.362. The Kier molecular flexibility index (Phi) is 5.83. The van der Waals surface area contributed by atoms with Crippen molar-refractivity contribution < 1.29 is 9.90 Å². The molecule has 1 aliphatic rings. The topological polar surface area (TPSA) is 43.8 Å². The van der Waals surface area contributed by atoms with Crippen molar-refractivity contribution in [2.24, 2.45) is 5.92 Å². The van der Waals surface area contributed by atoms with Gasteiger partial charge in [0.2, 0.25) is 0 Å². The van der Waals surface area contributed by atoms with Crippen LogP contribution in [0, 0.1) is 19.8 Å². The number of likely N-dealkylation sites (tertiary alicyclic amines) is 1. The Balaban J connectivity index is 2.10. The van der Waals surface area contributed by atoms with E-state index in [1.165, 1.54) is 37.1 Å². The SMILES string of the molecule is Cc1ccc(N(CCN2CCCC2)CC(C)C(=O)O)c(C)c1. The second-order valence-electron chi connectivity index (χ2n) is 6.52. The summed E-state index contributed by atoms with van der Waals surface area (Å²) < 4.78 is 0. The summed E-state index contributed by atoms with van der Waals surface area (Å²) in [4.78, 5) is 15.9. The van der Waals surface area contributed by atoms with Crippen LogP contribution in [0.4, 0.5) is 5.69 Å². The van der Waals surface area contributed by atoms with Crippen molar-refractivity contribution in [1.29, 1.82) is 0 Å². The number of carboxylic acids is 1. The Hall–Kier alpha value is -1.55. The van der Waals surface area contributed by atoms with Crippen molar-refractivity contribution in [3.05, 3.63) is 29.3 Å². The second kappa shape index (κ2) is 7.63. The van der Waals surface area contributed by atoms with E-state index in [9.17, 15) is 9.90 Å². The first-order chi connectivity index (χ1) is 10.5. The zero-order valence-corrected chi connectivity index (χ0v) is 14.0. The number of hydrogen-bond acceptors (Lipinski definition) is 3. The molecule has 0 saturated carbocycles. The molecule has 1 atom stereocenters. The molecule has 4 nitrogen and oxygen atoms in total. The van der Waals surface area contributed by atoms with Crippen LogP contribution in [0.2, 0.25) is 0 Å². The maximum atomic E-state index is 11.2. The first-order valence-electron chi connectivity index (χ1n) is 8.24. The summed E-state index contributed by atoms with van der Waals surface area (Å²) in [5.41, 5.74) is 3.63. The van der Waals surface area contributed by atoms with Crippen molar-refractivity contribution in [1.82, 2.24) is 4.90 Å². The summed E-state index contributed by atoms with van der Waals surface area (Å²) in [6, 6.07) is 6.41. The van der Waals surface area contributed by atoms with Crippen LogP contribution in [0.1, 0.15) is 30.9 Å². The maximum Gasteiger partial charge on any atom is 0.308 e. The number of nitrogens with zero attached hydrogens (tertiary/aromatic N) is 2. The molecule has 0 aromatic heterocycles. The van der Waals surface area contributed by atoms with Gasteiger partial charge in [-0.25, -0.2) is 0 Å². The zero-order chi connectivity index (χ0) is 16.1. The monoisotopic (exact) mass is 304 g/mol. The zero-order valence-electron chi connectivity index (χ0n) is 14.0. The van der Waals surface area contributed by atoms with E-state index in [1.54, 1.807) is 6.92 Å². The maximum absolute atomic E-state index is 11.2. The highest BCUT2D eigenvalue weighted by molar-refractivity contribution is 5.70. The highest BCUT2D eigenvalue weighted by Gasteiger charge is 2.19. The predicted octanol–water partition coefficient (Wildman–Crippen LogP) is 2.93. The van der Waals surface area contributed by atoms with Crippen LogP contribution in [0.5, 0.6) is 0 Å². The van der Waals surface area contributed by atoms with Gasteiger partial charge in [0.25, 0.3) is 0 Å². The molecule has 1 aromatic carbocycles. The van der Waals surface area contributed by atoms with E-state index in [0.29, 0.717) is 6.54 Å². The Morgan fingerprint density at radius 1 is 1.32 bits per heavy atom. The van der Waals surface area contributed by atoms with E-state index < -0.39 is 5.97 Å². The molecule has 0 bridgehead atoms. The largest absolute Gasteiger partial charge is 0.481 e. The molecule has 2 rings (SSSR count). The first-order valence-corrected chi connectivity index (χ1v) is 8.24. The molecule has 0 amide bonds. The summed E-state index contributed by atoms with van der Waals surface area (Å²) in [7, 11) is 0. The fraction of sp³-hybridized carbons (Fsp3) is 0.611. The number of aryl methyl sites for hydroxylation is 2. The van der Waals surface area contributed by atoms with E-state index in [2.05, 4.69) is 41.8 Å². The van der Waals surface area contributed by atoms with Gasteiger partial charge in [0, 0.05) is 25.3 Å². The van der Waals surface area contributed by atoms with Gasteiger partial charge >= 0.3 is 5.97 Å². The first kappa shape index (κ1) is 16.8. The fourth-order valence-electron chi connectivity index (χ4n) is 3.15. The average Bonchev–Trinajstić information content (AvgIpc) is 2.96. The fourth-order valence-corrected chi connectivity index (χ4v) is 3.15. The lowest BCUT2D eigenvalue weighted by Crippen LogP contribution is -2.38. The van der Waals surface area contributed by atoms with Gasteiger partial charge in [0.15, 0.2) is 0 Å². The number of rotatable bonds is 7. The molecule has 1 unspecified atom stereocenters. The predicted molar refractivity (Wildman–Crippen MR) is 90.6 cm³/mol. The normalized spacial score (nSPS) is 16.7. The highest BCUT2D eigenvalue weighted by Crippen LogP contribution is 2.22. The summed E-state index contributed by atoms with van der Waals surface area (Å²) in [6.45, 7) is 10.8. The summed E-state index contributed by atoms with van der Waals surface area (Å²) in [5, 5.41) is 9.23. The van der Waals surface area contributed by atoms with Crippen molar-refractivity contribution in [2.45, 2.75) is 33.6 Å². The molecule has 4 heteroatoms. The van der Waals surface area contributed by atoms with Crippen LogP contribution < -0.4 is 4.90 Å². The lowest BCUT2D eigenvalue weighted by Gasteiger charge is -2.30. The van der Waals surface area contributed by atoms with Crippen molar-refractivity contribution in [3.63, 3.8) is 0 Å². The van der Waals surface area contributed by atoms with Gasteiger partial charge in [-0.15, -0.1) is 0 Å².